The highest BCUT2D eigenvalue weighted by Gasteiger charge is 2.04. The molecule has 0 aliphatic heterocycles. The van der Waals surface area contributed by atoms with Gasteiger partial charge in [-0.1, -0.05) is 42.5 Å². The Bertz CT molecular complexity index is 497. The molecule has 0 aromatic heterocycles. The molecule has 2 rings (SSSR count). The molecule has 0 saturated carbocycles. The highest BCUT2D eigenvalue weighted by Crippen LogP contribution is 2.27. The van der Waals surface area contributed by atoms with Crippen molar-refractivity contribution in [2.75, 3.05) is 20.3 Å². The first-order valence-corrected chi connectivity index (χ1v) is 6.77. The monoisotopic (exact) mass is 272 g/mol. The lowest BCUT2D eigenvalue weighted by Gasteiger charge is -2.12. The van der Waals surface area contributed by atoms with Gasteiger partial charge in [-0.05, 0) is 17.7 Å². The summed E-state index contributed by atoms with van der Waals surface area (Å²) in [6.45, 7) is 1.87. The van der Waals surface area contributed by atoms with Gasteiger partial charge in [-0.15, -0.1) is 0 Å². The zero-order valence-corrected chi connectivity index (χ0v) is 11.7. The van der Waals surface area contributed by atoms with E-state index >= 15 is 0 Å². The molecule has 0 fully saturated rings. The minimum Gasteiger partial charge on any atom is -0.490 e. The second-order valence-electron chi connectivity index (χ2n) is 4.42. The van der Waals surface area contributed by atoms with Crippen LogP contribution in [-0.2, 0) is 11.3 Å². The van der Waals surface area contributed by atoms with E-state index in [1.165, 1.54) is 0 Å². The lowest BCUT2D eigenvalue weighted by molar-refractivity contribution is 0.169. The third-order valence-electron chi connectivity index (χ3n) is 2.84. The fourth-order valence-electron chi connectivity index (χ4n) is 1.81. The molecule has 0 unspecified atom stereocenters. The van der Waals surface area contributed by atoms with E-state index in [1.807, 2.05) is 54.6 Å². The van der Waals surface area contributed by atoms with Crippen LogP contribution < -0.4 is 9.47 Å². The van der Waals surface area contributed by atoms with Gasteiger partial charge in [0.25, 0.3) is 0 Å². The molecule has 2 aromatic rings. The number of methoxy groups -OCH3 is 1. The zero-order valence-electron chi connectivity index (χ0n) is 11.7. The SMILES string of the molecule is COCCCOc1ccccc1OCc1ccccc1. The Morgan fingerprint density at radius 1 is 0.750 bits per heavy atom. The average molecular weight is 272 g/mol. The van der Waals surface area contributed by atoms with E-state index in [2.05, 4.69) is 0 Å². The minimum atomic E-state index is 0.541. The molecule has 0 aliphatic carbocycles. The maximum absolute atomic E-state index is 5.82. The smallest absolute Gasteiger partial charge is 0.161 e. The number of benzene rings is 2. The Hall–Kier alpha value is -2.00. The summed E-state index contributed by atoms with van der Waals surface area (Å²) in [6, 6.07) is 17.8. The molecule has 20 heavy (non-hydrogen) atoms. The van der Waals surface area contributed by atoms with Crippen LogP contribution in [-0.4, -0.2) is 20.3 Å². The van der Waals surface area contributed by atoms with Gasteiger partial charge in [-0.25, -0.2) is 0 Å². The van der Waals surface area contributed by atoms with Crippen LogP contribution in [0.4, 0.5) is 0 Å². The molecule has 3 nitrogen and oxygen atoms in total. The zero-order chi connectivity index (χ0) is 14.0. The predicted molar refractivity (Wildman–Crippen MR) is 79.2 cm³/mol. The standard InChI is InChI=1S/C17H20O3/c1-18-12-7-13-19-16-10-5-6-11-17(16)20-14-15-8-3-2-4-9-15/h2-6,8-11H,7,12-14H2,1H3. The minimum absolute atomic E-state index is 0.541. The van der Waals surface area contributed by atoms with Crippen LogP contribution in [0.1, 0.15) is 12.0 Å². The summed E-state index contributed by atoms with van der Waals surface area (Å²) in [4.78, 5) is 0. The summed E-state index contributed by atoms with van der Waals surface area (Å²) in [7, 11) is 1.69. The second kappa shape index (κ2) is 8.23. The molecule has 106 valence electrons. The lowest BCUT2D eigenvalue weighted by Crippen LogP contribution is -2.03. The summed E-state index contributed by atoms with van der Waals surface area (Å²) in [5, 5.41) is 0. The number of ether oxygens (including phenoxy) is 3. The van der Waals surface area contributed by atoms with Crippen molar-refractivity contribution in [2.45, 2.75) is 13.0 Å². The van der Waals surface area contributed by atoms with E-state index in [-0.39, 0.29) is 0 Å². The van der Waals surface area contributed by atoms with Crippen molar-refractivity contribution in [2.24, 2.45) is 0 Å². The Morgan fingerprint density at radius 3 is 2.10 bits per heavy atom. The summed E-state index contributed by atoms with van der Waals surface area (Å²) >= 11 is 0. The van der Waals surface area contributed by atoms with Crippen LogP contribution in [0.25, 0.3) is 0 Å². The molecular weight excluding hydrogens is 252 g/mol. The Morgan fingerprint density at radius 2 is 1.40 bits per heavy atom. The first kappa shape index (κ1) is 14.4. The van der Waals surface area contributed by atoms with E-state index in [1.54, 1.807) is 7.11 Å². The molecule has 0 N–H and O–H groups in total. The fraction of sp³-hybridized carbons (Fsp3) is 0.294. The van der Waals surface area contributed by atoms with Gasteiger partial charge in [0.05, 0.1) is 6.61 Å². The van der Waals surface area contributed by atoms with Crippen LogP contribution in [0.2, 0.25) is 0 Å². The van der Waals surface area contributed by atoms with Crippen molar-refractivity contribution in [1.82, 2.24) is 0 Å². The van der Waals surface area contributed by atoms with Gasteiger partial charge in [-0.2, -0.15) is 0 Å². The third kappa shape index (κ3) is 4.59. The van der Waals surface area contributed by atoms with Crippen molar-refractivity contribution in [1.29, 1.82) is 0 Å². The van der Waals surface area contributed by atoms with Gasteiger partial charge in [0, 0.05) is 20.1 Å². The normalized spacial score (nSPS) is 10.2. The van der Waals surface area contributed by atoms with E-state index < -0.39 is 0 Å². The summed E-state index contributed by atoms with van der Waals surface area (Å²) in [5.74, 6) is 1.55. The van der Waals surface area contributed by atoms with Crippen molar-refractivity contribution in [3.05, 3.63) is 60.2 Å². The van der Waals surface area contributed by atoms with E-state index in [0.717, 1.165) is 23.5 Å². The number of hydrogen-bond donors (Lipinski definition) is 0. The molecule has 0 atom stereocenters. The Kier molecular flexibility index (Phi) is 5.93. The van der Waals surface area contributed by atoms with Gasteiger partial charge in [-0.3, -0.25) is 0 Å². The molecule has 2 aromatic carbocycles. The Balaban J connectivity index is 1.90. The Labute approximate surface area is 120 Å². The van der Waals surface area contributed by atoms with Gasteiger partial charge < -0.3 is 14.2 Å². The molecule has 0 bridgehead atoms. The topological polar surface area (TPSA) is 27.7 Å². The van der Waals surface area contributed by atoms with Gasteiger partial charge in [0.1, 0.15) is 6.61 Å². The van der Waals surface area contributed by atoms with Gasteiger partial charge in [0.2, 0.25) is 0 Å². The largest absolute Gasteiger partial charge is 0.490 e. The predicted octanol–water partition coefficient (Wildman–Crippen LogP) is 3.68. The van der Waals surface area contributed by atoms with Crippen LogP contribution in [0.3, 0.4) is 0 Å². The quantitative estimate of drug-likeness (QED) is 0.686. The third-order valence-corrected chi connectivity index (χ3v) is 2.84. The van der Waals surface area contributed by atoms with Crippen molar-refractivity contribution in [3.63, 3.8) is 0 Å². The molecule has 0 saturated heterocycles. The second-order valence-corrected chi connectivity index (χ2v) is 4.42. The van der Waals surface area contributed by atoms with Crippen molar-refractivity contribution >= 4 is 0 Å². The first-order valence-electron chi connectivity index (χ1n) is 6.77. The number of hydrogen-bond acceptors (Lipinski definition) is 3. The van der Waals surface area contributed by atoms with Gasteiger partial charge >= 0.3 is 0 Å². The van der Waals surface area contributed by atoms with Crippen LogP contribution in [0.5, 0.6) is 11.5 Å². The van der Waals surface area contributed by atoms with Gasteiger partial charge in [0.15, 0.2) is 11.5 Å². The maximum Gasteiger partial charge on any atom is 0.161 e. The molecular formula is C17H20O3. The number of rotatable bonds is 8. The number of para-hydroxylation sites is 2. The van der Waals surface area contributed by atoms with Crippen LogP contribution >= 0.6 is 0 Å². The highest BCUT2D eigenvalue weighted by atomic mass is 16.5. The fourth-order valence-corrected chi connectivity index (χ4v) is 1.81. The first-order chi connectivity index (χ1) is 9.90. The summed E-state index contributed by atoms with van der Waals surface area (Å²) in [5.41, 5.74) is 1.14. The molecule has 3 heteroatoms. The molecule has 0 radical (unpaired) electrons. The van der Waals surface area contributed by atoms with Crippen LogP contribution in [0, 0.1) is 0 Å². The molecule has 0 aliphatic rings. The van der Waals surface area contributed by atoms with E-state index in [9.17, 15) is 0 Å². The van der Waals surface area contributed by atoms with Crippen molar-refractivity contribution < 1.29 is 14.2 Å². The van der Waals surface area contributed by atoms with Crippen LogP contribution in [0.15, 0.2) is 54.6 Å². The molecule has 0 amide bonds. The molecule has 0 spiro atoms. The summed E-state index contributed by atoms with van der Waals surface area (Å²) < 4.78 is 16.6. The molecule has 0 heterocycles. The van der Waals surface area contributed by atoms with E-state index in [4.69, 9.17) is 14.2 Å². The highest BCUT2D eigenvalue weighted by molar-refractivity contribution is 5.39. The van der Waals surface area contributed by atoms with E-state index in [0.29, 0.717) is 19.8 Å². The van der Waals surface area contributed by atoms with Crippen molar-refractivity contribution in [3.8, 4) is 11.5 Å². The maximum atomic E-state index is 5.82. The average Bonchev–Trinajstić information content (AvgIpc) is 2.51. The lowest BCUT2D eigenvalue weighted by atomic mass is 10.2. The summed E-state index contributed by atoms with van der Waals surface area (Å²) in [6.07, 6.45) is 0.865.